The molecule has 4 nitrogen and oxygen atoms in total. The second-order valence-corrected chi connectivity index (χ2v) is 14.6. The van der Waals surface area contributed by atoms with Gasteiger partial charge in [-0.1, -0.05) is 64.5 Å². The predicted octanol–water partition coefficient (Wildman–Crippen LogP) is 9.56. The van der Waals surface area contributed by atoms with E-state index in [1.807, 2.05) is 32.9 Å². The largest absolute Gasteiger partial charge is 0.742 e. The van der Waals surface area contributed by atoms with Gasteiger partial charge in [0.05, 0.1) is 0 Å². The van der Waals surface area contributed by atoms with Gasteiger partial charge in [-0.2, -0.15) is 35.5 Å². The summed E-state index contributed by atoms with van der Waals surface area (Å²) in [5.74, 6) is 1.97. The zero-order chi connectivity index (χ0) is 32.9. The van der Waals surface area contributed by atoms with Crippen LogP contribution in [-0.4, -0.2) is 36.3 Å². The molecule has 0 aromatic heterocycles. The van der Waals surface area contributed by atoms with Crippen molar-refractivity contribution in [3.63, 3.8) is 0 Å². The van der Waals surface area contributed by atoms with Crippen molar-refractivity contribution in [1.82, 2.24) is 0 Å². The van der Waals surface area contributed by atoms with Crippen LogP contribution in [-0.2, 0) is 24.8 Å². The predicted molar refractivity (Wildman–Crippen MR) is 174 cm³/mol. The number of allylic oxidation sites excluding steroid dienone is 7. The van der Waals surface area contributed by atoms with Crippen LogP contribution in [0.1, 0.15) is 92.7 Å². The van der Waals surface area contributed by atoms with Crippen LogP contribution in [0.5, 0.6) is 0 Å². The van der Waals surface area contributed by atoms with E-state index >= 15 is 0 Å². The van der Waals surface area contributed by atoms with Crippen LogP contribution in [0.4, 0.5) is 0 Å². The first-order chi connectivity index (χ1) is 21.7. The van der Waals surface area contributed by atoms with Crippen LogP contribution < -0.4 is 0 Å². The van der Waals surface area contributed by atoms with E-state index in [1.165, 1.54) is 28.2 Å². The van der Waals surface area contributed by atoms with Crippen LogP contribution in [0.25, 0.3) is 10.6 Å². The van der Waals surface area contributed by atoms with E-state index in [0.29, 0.717) is 6.54 Å². The summed E-state index contributed by atoms with van der Waals surface area (Å²) in [5, 5.41) is 9.49. The fourth-order valence-corrected chi connectivity index (χ4v) is 8.31. The van der Waals surface area contributed by atoms with E-state index in [1.54, 1.807) is 17.8 Å². The molecule has 6 heteroatoms. The molecule has 7 rings (SSSR count). The van der Waals surface area contributed by atoms with Gasteiger partial charge >= 0.3 is 0 Å². The number of thioether (sulfide) groups is 1. The second kappa shape index (κ2) is 13.7. The van der Waals surface area contributed by atoms with E-state index in [9.17, 15) is 0 Å². The molecule has 1 saturated heterocycles. The van der Waals surface area contributed by atoms with Gasteiger partial charge < -0.3 is 15.4 Å². The maximum atomic E-state index is 8.72. The molecular formula is C36H47IrN3OS-4. The number of hydrogen-bond donors (Lipinski definition) is 0. The van der Waals surface area contributed by atoms with E-state index in [-0.39, 0.29) is 48.9 Å². The fraction of sp³-hybridized carbons (Fsp3) is 0.611. The zero-order valence-electron chi connectivity index (χ0n) is 30.3. The molecule has 231 valence electrons. The number of aliphatic imine (C=N–C) groups is 1. The number of dihydropyridines is 1. The second-order valence-electron chi connectivity index (χ2n) is 13.3. The first-order valence-corrected chi connectivity index (χ1v) is 16.3. The number of rotatable bonds is 3. The minimum absolute atomic E-state index is 0. The maximum absolute atomic E-state index is 8.72. The Hall–Kier alpha value is -1.46. The van der Waals surface area contributed by atoms with Crippen molar-refractivity contribution in [2.45, 2.75) is 103 Å². The summed E-state index contributed by atoms with van der Waals surface area (Å²) in [7, 11) is 0. The smallest absolute Gasteiger partial charge is 0.175 e. The van der Waals surface area contributed by atoms with Crippen LogP contribution >= 0.6 is 11.8 Å². The Bertz CT molecular complexity index is 1420. The Morgan fingerprint density at radius 2 is 2.19 bits per heavy atom. The van der Waals surface area contributed by atoms with Gasteiger partial charge in [0.1, 0.15) is 0 Å². The van der Waals surface area contributed by atoms with Crippen molar-refractivity contribution in [2.24, 2.45) is 28.2 Å². The molecule has 0 bridgehead atoms. The van der Waals surface area contributed by atoms with E-state index < -0.39 is 24.9 Å². The van der Waals surface area contributed by atoms with Gasteiger partial charge in [-0.25, -0.2) is 17.1 Å². The molecule has 7 aliphatic rings. The SMILES string of the molecule is C[C@H]1CC=C(C2=[C-]C=CCC2)[N-]C1.[2H]C([2H])([2H])C1=NC2OC3=C([C@H]4CC5=C(C[N-]4)C[C@H](C([2H])([2H])C(C)(C)C)S5)[CH-]CCC3C2C=C1.[Ir]. The summed E-state index contributed by atoms with van der Waals surface area (Å²) in [5.41, 5.74) is 4.63. The summed E-state index contributed by atoms with van der Waals surface area (Å²) in [6, 6.07) is 0.0171. The third-order valence-electron chi connectivity index (χ3n) is 8.72. The van der Waals surface area contributed by atoms with Crippen molar-refractivity contribution >= 4 is 17.5 Å². The standard InChI is InChI=1S/C24H32N2OS.C12H15N.Ir/c1-14-8-9-18-17-6-5-7-19(22(17)27-23(18)26-14)20-11-21-15(13-25-20)10-16(28-21)12-24(2,3)4;1-10-7-8-12(13-9-10)11-5-3-2-4-6-11;/h7-9,16-18,20,23H,5-6,10-13H2,1-4H3;2-3,8,10H,4,6-7,9H2,1H3;/q2*-2;/t16-,17?,18?,20-,23?;10-;/m10./s1/i1D3,12D2;;. The summed E-state index contributed by atoms with van der Waals surface area (Å²) in [6.45, 7) is 7.61. The zero-order valence-corrected chi connectivity index (χ0v) is 28.5. The molecule has 5 aliphatic heterocycles. The fourth-order valence-electron chi connectivity index (χ4n) is 6.70. The Balaban J connectivity index is 0.000000260. The van der Waals surface area contributed by atoms with Gasteiger partial charge in [-0.15, -0.1) is 37.3 Å². The molecule has 42 heavy (non-hydrogen) atoms. The number of ether oxygens (including phenoxy) is 1. The van der Waals surface area contributed by atoms with Crippen LogP contribution in [0, 0.1) is 35.7 Å². The molecule has 0 aromatic rings. The summed E-state index contributed by atoms with van der Waals surface area (Å²) in [6.07, 6.45) is 20.8. The molecule has 6 atom stereocenters. The Labute approximate surface area is 279 Å². The first kappa shape index (κ1) is 25.8. The van der Waals surface area contributed by atoms with Gasteiger partial charge in [0, 0.05) is 43.8 Å². The number of fused-ring (bicyclic) bond motifs is 3. The van der Waals surface area contributed by atoms with E-state index in [4.69, 9.17) is 16.9 Å². The van der Waals surface area contributed by atoms with Gasteiger partial charge in [0.15, 0.2) is 6.23 Å². The van der Waals surface area contributed by atoms with Gasteiger partial charge in [-0.05, 0) is 60.6 Å². The normalized spacial score (nSPS) is 35.7. The summed E-state index contributed by atoms with van der Waals surface area (Å²) < 4.78 is 46.8. The maximum Gasteiger partial charge on any atom is 0.175 e. The molecule has 1 fully saturated rings. The number of hydrogen-bond acceptors (Lipinski definition) is 3. The molecule has 0 amide bonds. The molecule has 2 aliphatic carbocycles. The summed E-state index contributed by atoms with van der Waals surface area (Å²) >= 11 is 1.72. The molecule has 0 saturated carbocycles. The van der Waals surface area contributed by atoms with Crippen LogP contribution in [0.3, 0.4) is 0 Å². The minimum atomic E-state index is -2.22. The first-order valence-electron chi connectivity index (χ1n) is 17.9. The van der Waals surface area contributed by atoms with Crippen LogP contribution in [0.15, 0.2) is 68.5 Å². The topological polar surface area (TPSA) is 49.8 Å². The van der Waals surface area contributed by atoms with Crippen molar-refractivity contribution < 1.29 is 31.7 Å². The monoisotopic (exact) mass is 767 g/mol. The van der Waals surface area contributed by atoms with Crippen molar-refractivity contribution in [3.05, 3.63) is 86.6 Å². The third-order valence-corrected chi connectivity index (χ3v) is 10.0. The molecular weight excluding hydrogens is 715 g/mol. The van der Waals surface area contributed by atoms with Gasteiger partial charge in [0.2, 0.25) is 0 Å². The Morgan fingerprint density at radius 3 is 2.93 bits per heavy atom. The molecule has 0 aromatic carbocycles. The van der Waals surface area contributed by atoms with Gasteiger partial charge in [-0.3, -0.25) is 0 Å². The number of nitrogens with zero attached hydrogens (tertiary/aromatic N) is 3. The van der Waals surface area contributed by atoms with E-state index in [0.717, 1.165) is 62.3 Å². The molecule has 0 spiro atoms. The van der Waals surface area contributed by atoms with Crippen molar-refractivity contribution in [1.29, 1.82) is 0 Å². The molecule has 5 heterocycles. The summed E-state index contributed by atoms with van der Waals surface area (Å²) in [4.78, 5) is 5.74. The Morgan fingerprint density at radius 1 is 1.31 bits per heavy atom. The van der Waals surface area contributed by atoms with Crippen LogP contribution in [0.2, 0.25) is 0 Å². The van der Waals surface area contributed by atoms with Crippen molar-refractivity contribution in [2.75, 3.05) is 13.1 Å². The molecule has 0 N–H and O–H groups in total. The molecule has 3 unspecified atom stereocenters. The van der Waals surface area contributed by atoms with E-state index in [2.05, 4.69) is 41.9 Å². The van der Waals surface area contributed by atoms with Crippen molar-refractivity contribution in [3.8, 4) is 0 Å². The minimum Gasteiger partial charge on any atom is -0.742 e. The third kappa shape index (κ3) is 7.42. The average molecular weight is 767 g/mol. The Kier molecular flexibility index (Phi) is 8.41. The molecule has 1 radical (unpaired) electrons. The quantitative estimate of drug-likeness (QED) is 0.269. The van der Waals surface area contributed by atoms with Gasteiger partial charge in [0.25, 0.3) is 0 Å². The average Bonchev–Trinajstić information content (AvgIpc) is 3.62.